The molecule has 1 atom stereocenters. The number of alkyl carbamates (subject to hydrolysis) is 1. The van der Waals surface area contributed by atoms with Gasteiger partial charge in [0.25, 0.3) is 0 Å². The van der Waals surface area contributed by atoms with Crippen molar-refractivity contribution in [3.05, 3.63) is 35.4 Å². The first-order valence-corrected chi connectivity index (χ1v) is 5.05. The molecule has 0 unspecified atom stereocenters. The normalized spacial score (nSPS) is 21.9. The van der Waals surface area contributed by atoms with Crippen LogP contribution in [0.3, 0.4) is 0 Å². The molecule has 18 heavy (non-hydrogen) atoms. The predicted molar refractivity (Wildman–Crippen MR) is 55.6 cm³/mol. The Labute approximate surface area is 100 Å². The summed E-state index contributed by atoms with van der Waals surface area (Å²) in [6.07, 6.45) is -0.994. The standard InChI is InChI=1S/C11H9F2NO4/c12-11(13)5-18-10(17)14-8(11)6-3-1-2-4-7(6)9(15)16/h1-4,8H,5H2,(H,14,17)(H,15,16)/t8-/m1/s1. The van der Waals surface area contributed by atoms with Crippen molar-refractivity contribution < 1.29 is 28.2 Å². The Morgan fingerprint density at radius 3 is 2.78 bits per heavy atom. The van der Waals surface area contributed by atoms with Crippen LogP contribution in [0.4, 0.5) is 13.6 Å². The molecule has 2 rings (SSSR count). The van der Waals surface area contributed by atoms with E-state index in [2.05, 4.69) is 4.74 Å². The predicted octanol–water partition coefficient (Wildman–Crippen LogP) is 1.80. The van der Waals surface area contributed by atoms with E-state index in [0.717, 1.165) is 0 Å². The van der Waals surface area contributed by atoms with E-state index in [-0.39, 0.29) is 11.1 Å². The van der Waals surface area contributed by atoms with Crippen molar-refractivity contribution in [1.82, 2.24) is 5.32 Å². The van der Waals surface area contributed by atoms with Crippen molar-refractivity contribution in [3.8, 4) is 0 Å². The van der Waals surface area contributed by atoms with Gasteiger partial charge in [-0.2, -0.15) is 0 Å². The third kappa shape index (κ3) is 2.11. The molecule has 5 nitrogen and oxygen atoms in total. The minimum Gasteiger partial charge on any atom is -0.478 e. The Kier molecular flexibility index (Phi) is 2.90. The fourth-order valence-electron chi connectivity index (χ4n) is 1.76. The van der Waals surface area contributed by atoms with Gasteiger partial charge in [-0.3, -0.25) is 0 Å². The molecule has 1 aromatic carbocycles. The summed E-state index contributed by atoms with van der Waals surface area (Å²) < 4.78 is 31.5. The van der Waals surface area contributed by atoms with E-state index in [1.807, 2.05) is 5.32 Å². The van der Waals surface area contributed by atoms with Crippen molar-refractivity contribution in [2.24, 2.45) is 0 Å². The van der Waals surface area contributed by atoms with Gasteiger partial charge in [0.15, 0.2) is 6.61 Å². The van der Waals surface area contributed by atoms with Gasteiger partial charge in [-0.25, -0.2) is 18.4 Å². The molecule has 7 heteroatoms. The zero-order chi connectivity index (χ0) is 13.3. The van der Waals surface area contributed by atoms with Crippen molar-refractivity contribution >= 4 is 12.1 Å². The molecule has 1 aliphatic heterocycles. The Bertz CT molecular complexity index is 504. The van der Waals surface area contributed by atoms with Gasteiger partial charge in [0.2, 0.25) is 0 Å². The van der Waals surface area contributed by atoms with Crippen molar-refractivity contribution in [1.29, 1.82) is 0 Å². The molecule has 1 aliphatic rings. The van der Waals surface area contributed by atoms with E-state index in [9.17, 15) is 18.4 Å². The summed E-state index contributed by atoms with van der Waals surface area (Å²) in [6, 6.07) is 3.60. The number of halogens is 2. The number of ether oxygens (including phenoxy) is 1. The van der Waals surface area contributed by atoms with E-state index in [1.54, 1.807) is 0 Å². The molecule has 0 bridgehead atoms. The lowest BCUT2D eigenvalue weighted by atomic mass is 9.95. The van der Waals surface area contributed by atoms with Gasteiger partial charge in [-0.15, -0.1) is 0 Å². The van der Waals surface area contributed by atoms with Gasteiger partial charge in [0, 0.05) is 0 Å². The molecule has 0 aromatic heterocycles. The number of aromatic carboxylic acids is 1. The smallest absolute Gasteiger partial charge is 0.408 e. The number of carboxylic acids is 1. The summed E-state index contributed by atoms with van der Waals surface area (Å²) in [6.45, 7) is -1.07. The van der Waals surface area contributed by atoms with Crippen LogP contribution in [0.5, 0.6) is 0 Å². The molecule has 0 spiro atoms. The Hall–Kier alpha value is -2.18. The maximum Gasteiger partial charge on any atom is 0.408 e. The van der Waals surface area contributed by atoms with Crippen LogP contribution in [0.25, 0.3) is 0 Å². The molecule has 0 saturated carbocycles. The quantitative estimate of drug-likeness (QED) is 0.847. The molecular formula is C11H9F2NO4. The lowest BCUT2D eigenvalue weighted by Crippen LogP contribution is -2.50. The van der Waals surface area contributed by atoms with Crippen molar-refractivity contribution in [2.45, 2.75) is 12.0 Å². The van der Waals surface area contributed by atoms with Gasteiger partial charge in [-0.1, -0.05) is 18.2 Å². The number of alkyl halides is 2. The second kappa shape index (κ2) is 4.25. The fraction of sp³-hybridized carbons (Fsp3) is 0.273. The highest BCUT2D eigenvalue weighted by Gasteiger charge is 2.47. The molecule has 0 aliphatic carbocycles. The molecule has 1 aromatic rings. The maximum atomic E-state index is 13.6. The molecule has 1 saturated heterocycles. The van der Waals surface area contributed by atoms with E-state index in [4.69, 9.17) is 5.11 Å². The minimum absolute atomic E-state index is 0.147. The van der Waals surface area contributed by atoms with Crippen LogP contribution in [-0.2, 0) is 4.74 Å². The fourth-order valence-corrected chi connectivity index (χ4v) is 1.76. The van der Waals surface area contributed by atoms with Gasteiger partial charge >= 0.3 is 18.0 Å². The summed E-state index contributed by atoms with van der Waals surface area (Å²) in [5, 5.41) is 10.9. The highest BCUT2D eigenvalue weighted by molar-refractivity contribution is 5.90. The summed E-state index contributed by atoms with van der Waals surface area (Å²) in [5.41, 5.74) is -0.420. The first-order valence-electron chi connectivity index (χ1n) is 5.05. The topological polar surface area (TPSA) is 75.6 Å². The lowest BCUT2D eigenvalue weighted by molar-refractivity contribution is -0.104. The van der Waals surface area contributed by atoms with Crippen LogP contribution >= 0.6 is 0 Å². The number of carboxylic acid groups (broad SMARTS) is 1. The first kappa shape index (κ1) is 12.3. The first-order chi connectivity index (χ1) is 8.42. The van der Waals surface area contributed by atoms with E-state index >= 15 is 0 Å². The van der Waals surface area contributed by atoms with Crippen LogP contribution < -0.4 is 5.32 Å². The number of carbonyl (C=O) groups is 2. The Morgan fingerprint density at radius 2 is 2.11 bits per heavy atom. The Balaban J connectivity index is 2.46. The van der Waals surface area contributed by atoms with Crippen molar-refractivity contribution in [3.63, 3.8) is 0 Å². The summed E-state index contributed by atoms with van der Waals surface area (Å²) >= 11 is 0. The van der Waals surface area contributed by atoms with Crippen LogP contribution in [0.2, 0.25) is 0 Å². The van der Waals surface area contributed by atoms with Gasteiger partial charge in [-0.05, 0) is 11.6 Å². The van der Waals surface area contributed by atoms with Crippen molar-refractivity contribution in [2.75, 3.05) is 6.61 Å². The number of benzene rings is 1. The number of amides is 1. The second-order valence-electron chi connectivity index (χ2n) is 3.81. The number of hydrogen-bond donors (Lipinski definition) is 2. The molecule has 0 radical (unpaired) electrons. The minimum atomic E-state index is -3.36. The van der Waals surface area contributed by atoms with Crippen LogP contribution in [0, 0.1) is 0 Å². The molecule has 1 heterocycles. The van der Waals surface area contributed by atoms with Gasteiger partial charge in [0.05, 0.1) is 5.56 Å². The number of carbonyl (C=O) groups excluding carboxylic acids is 1. The zero-order valence-electron chi connectivity index (χ0n) is 9.02. The van der Waals surface area contributed by atoms with E-state index in [0.29, 0.717) is 0 Å². The number of rotatable bonds is 2. The van der Waals surface area contributed by atoms with E-state index < -0.39 is 30.6 Å². The van der Waals surface area contributed by atoms with Crippen LogP contribution in [0.15, 0.2) is 24.3 Å². The molecule has 1 fully saturated rings. The highest BCUT2D eigenvalue weighted by atomic mass is 19.3. The highest BCUT2D eigenvalue weighted by Crippen LogP contribution is 2.35. The van der Waals surface area contributed by atoms with Crippen LogP contribution in [-0.4, -0.2) is 29.7 Å². The summed E-state index contributed by atoms with van der Waals surface area (Å²) in [7, 11) is 0. The average molecular weight is 257 g/mol. The second-order valence-corrected chi connectivity index (χ2v) is 3.81. The zero-order valence-corrected chi connectivity index (χ0v) is 9.02. The Morgan fingerprint density at radius 1 is 1.44 bits per heavy atom. The largest absolute Gasteiger partial charge is 0.478 e. The summed E-state index contributed by atoms with van der Waals surface area (Å²) in [4.78, 5) is 22.0. The van der Waals surface area contributed by atoms with Crippen LogP contribution in [0.1, 0.15) is 22.0 Å². The number of nitrogens with one attached hydrogen (secondary N) is 1. The van der Waals surface area contributed by atoms with Gasteiger partial charge in [0.1, 0.15) is 6.04 Å². The molecular weight excluding hydrogens is 248 g/mol. The average Bonchev–Trinajstić information content (AvgIpc) is 2.32. The monoisotopic (exact) mass is 257 g/mol. The van der Waals surface area contributed by atoms with E-state index in [1.165, 1.54) is 24.3 Å². The third-order valence-corrected chi connectivity index (χ3v) is 2.58. The molecule has 1 amide bonds. The maximum absolute atomic E-state index is 13.6. The SMILES string of the molecule is O=C1N[C@H](c2ccccc2C(=O)O)C(F)(F)CO1. The molecule has 2 N–H and O–H groups in total. The number of cyclic esters (lactones) is 1. The number of hydrogen-bond acceptors (Lipinski definition) is 3. The lowest BCUT2D eigenvalue weighted by Gasteiger charge is -2.32. The van der Waals surface area contributed by atoms with Gasteiger partial charge < -0.3 is 15.2 Å². The molecule has 96 valence electrons. The summed E-state index contributed by atoms with van der Waals surface area (Å²) in [5.74, 6) is -4.69. The third-order valence-electron chi connectivity index (χ3n) is 2.58.